The molecule has 0 aliphatic heterocycles. The monoisotopic (exact) mass is 577 g/mol. The molecule has 1 aliphatic carbocycles. The fourth-order valence-electron chi connectivity index (χ4n) is 4.62. The number of hydrogen-bond donors (Lipinski definition) is 4. The van der Waals surface area contributed by atoms with Crippen LogP contribution in [-0.2, 0) is 4.79 Å². The van der Waals surface area contributed by atoms with Gasteiger partial charge in [0, 0.05) is 4.88 Å². The highest BCUT2D eigenvalue weighted by molar-refractivity contribution is 7.20. The molecule has 4 rings (SSSR count). The molecule has 0 saturated heterocycles. The Hall–Kier alpha value is -3.14. The first kappa shape index (κ1) is 27.9. The zero-order valence-corrected chi connectivity index (χ0v) is 22.8. The second-order valence-electron chi connectivity index (χ2n) is 9.18. The van der Waals surface area contributed by atoms with Crippen molar-refractivity contribution in [3.8, 4) is 10.4 Å². The van der Waals surface area contributed by atoms with Gasteiger partial charge in [0.05, 0.1) is 21.3 Å². The van der Waals surface area contributed by atoms with Crippen molar-refractivity contribution in [2.24, 2.45) is 5.92 Å². The van der Waals surface area contributed by atoms with Gasteiger partial charge in [0.2, 0.25) is 0 Å². The highest BCUT2D eigenvalue weighted by Crippen LogP contribution is 2.38. The van der Waals surface area contributed by atoms with Gasteiger partial charge in [-0.2, -0.15) is 0 Å². The lowest BCUT2D eigenvalue weighted by molar-refractivity contribution is -0.141. The first-order valence-electron chi connectivity index (χ1n) is 12.1. The number of para-hydroxylation sites is 1. The highest BCUT2D eigenvalue weighted by atomic mass is 35.5. The van der Waals surface area contributed by atoms with Gasteiger partial charge in [-0.1, -0.05) is 54.6 Å². The van der Waals surface area contributed by atoms with Crippen LogP contribution >= 0.6 is 34.5 Å². The average Bonchev–Trinajstić information content (AvgIpc) is 3.28. The van der Waals surface area contributed by atoms with Crippen molar-refractivity contribution < 1.29 is 23.9 Å². The summed E-state index contributed by atoms with van der Waals surface area (Å²) in [7, 11) is 0. The van der Waals surface area contributed by atoms with Crippen LogP contribution in [0, 0.1) is 18.7 Å². The molecular formula is C27H26Cl2FN3O4S. The van der Waals surface area contributed by atoms with Crippen molar-refractivity contribution in [2.75, 3.05) is 10.6 Å². The lowest BCUT2D eigenvalue weighted by Gasteiger charge is -2.28. The van der Waals surface area contributed by atoms with E-state index in [1.54, 1.807) is 37.3 Å². The molecular weight excluding hydrogens is 552 g/mol. The number of aliphatic carboxylic acids is 1. The number of rotatable bonds is 7. The van der Waals surface area contributed by atoms with E-state index >= 15 is 0 Å². The molecule has 0 spiro atoms. The fraction of sp³-hybridized carbons (Fsp3) is 0.296. The van der Waals surface area contributed by atoms with Gasteiger partial charge in [-0.05, 0) is 67.1 Å². The van der Waals surface area contributed by atoms with E-state index in [4.69, 9.17) is 23.2 Å². The van der Waals surface area contributed by atoms with Crippen LogP contribution in [0.2, 0.25) is 10.0 Å². The van der Waals surface area contributed by atoms with Crippen LogP contribution in [-0.4, -0.2) is 29.1 Å². The molecule has 1 heterocycles. The van der Waals surface area contributed by atoms with Gasteiger partial charge in [-0.25, -0.2) is 14.0 Å². The van der Waals surface area contributed by atoms with Gasteiger partial charge in [-0.15, -0.1) is 11.3 Å². The van der Waals surface area contributed by atoms with Crippen LogP contribution in [0.1, 0.15) is 48.0 Å². The number of urea groups is 1. The Kier molecular flexibility index (Phi) is 8.91. The molecule has 1 aliphatic rings. The van der Waals surface area contributed by atoms with Crippen LogP contribution in [0.25, 0.3) is 10.4 Å². The van der Waals surface area contributed by atoms with Crippen molar-refractivity contribution in [3.63, 3.8) is 0 Å². The molecule has 7 nitrogen and oxygen atoms in total. The van der Waals surface area contributed by atoms with E-state index in [9.17, 15) is 23.9 Å². The Bertz CT molecular complexity index is 1350. The fourth-order valence-corrected chi connectivity index (χ4v) is 6.25. The third-order valence-corrected chi connectivity index (χ3v) is 8.25. The number of anilines is 2. The number of hydrogen-bond acceptors (Lipinski definition) is 4. The summed E-state index contributed by atoms with van der Waals surface area (Å²) >= 11 is 13.4. The molecule has 1 saturated carbocycles. The third kappa shape index (κ3) is 6.46. The normalized spacial score (nSPS) is 14.5. The molecule has 200 valence electrons. The average molecular weight is 578 g/mol. The molecule has 1 aromatic heterocycles. The summed E-state index contributed by atoms with van der Waals surface area (Å²) < 4.78 is 13.7. The van der Waals surface area contributed by atoms with E-state index in [1.807, 2.05) is 0 Å². The summed E-state index contributed by atoms with van der Waals surface area (Å²) in [6.07, 6.45) is 4.29. The van der Waals surface area contributed by atoms with Crippen LogP contribution in [0.3, 0.4) is 0 Å². The quantitative estimate of drug-likeness (QED) is 0.232. The van der Waals surface area contributed by atoms with Gasteiger partial charge < -0.3 is 15.7 Å². The molecule has 1 atom stereocenters. The molecule has 1 fully saturated rings. The smallest absolute Gasteiger partial charge is 0.326 e. The van der Waals surface area contributed by atoms with Gasteiger partial charge in [0.15, 0.2) is 0 Å². The summed E-state index contributed by atoms with van der Waals surface area (Å²) in [5.41, 5.74) is 1.61. The number of carbonyl (C=O) groups is 3. The minimum Gasteiger partial charge on any atom is -0.480 e. The van der Waals surface area contributed by atoms with Gasteiger partial charge >= 0.3 is 12.0 Å². The number of carboxylic acid groups (broad SMARTS) is 1. The summed E-state index contributed by atoms with van der Waals surface area (Å²) in [6, 6.07) is 8.87. The standard InChI is InChI=1S/C27H26Cl2FN3O4S/c1-14-12-16(30)10-11-17(14)21-13-18(24(34)31-22(26(35)36)15-6-3-2-4-7-15)25(38-21)33-27(37)32-23-19(28)8-5-9-20(23)29/h5,8-13,15,22H,2-4,6-7H2,1H3,(H,31,34)(H,35,36)(H2,32,33,37)/t22-/m0/s1. The van der Waals surface area contributed by atoms with E-state index in [2.05, 4.69) is 16.0 Å². The molecule has 3 amide bonds. The van der Waals surface area contributed by atoms with E-state index < -0.39 is 29.8 Å². The second-order valence-corrected chi connectivity index (χ2v) is 11.0. The zero-order chi connectivity index (χ0) is 27.4. The number of benzene rings is 2. The first-order valence-corrected chi connectivity index (χ1v) is 13.7. The number of carbonyl (C=O) groups excluding carboxylic acids is 2. The summed E-state index contributed by atoms with van der Waals surface area (Å²) in [6.45, 7) is 1.74. The van der Waals surface area contributed by atoms with Gasteiger partial charge in [-0.3, -0.25) is 10.1 Å². The number of amides is 3. The van der Waals surface area contributed by atoms with E-state index in [0.717, 1.165) is 30.6 Å². The lowest BCUT2D eigenvalue weighted by Crippen LogP contribution is -2.46. The summed E-state index contributed by atoms with van der Waals surface area (Å²) in [5.74, 6) is -2.30. The number of nitrogens with one attached hydrogen (secondary N) is 3. The maximum Gasteiger partial charge on any atom is 0.326 e. The molecule has 0 radical (unpaired) electrons. The van der Waals surface area contributed by atoms with Crippen LogP contribution in [0.4, 0.5) is 19.9 Å². The van der Waals surface area contributed by atoms with Crippen molar-refractivity contribution in [1.29, 1.82) is 0 Å². The Morgan fingerprint density at radius 2 is 1.71 bits per heavy atom. The summed E-state index contributed by atoms with van der Waals surface area (Å²) in [4.78, 5) is 38.9. The molecule has 38 heavy (non-hydrogen) atoms. The minimum absolute atomic E-state index is 0.0937. The van der Waals surface area contributed by atoms with E-state index in [0.29, 0.717) is 28.8 Å². The number of thiophene rings is 1. The lowest BCUT2D eigenvalue weighted by atomic mass is 9.84. The molecule has 11 heteroatoms. The largest absolute Gasteiger partial charge is 0.480 e. The number of carboxylic acids is 1. The summed E-state index contributed by atoms with van der Waals surface area (Å²) in [5, 5.41) is 18.4. The predicted molar refractivity (Wildman–Crippen MR) is 149 cm³/mol. The maximum atomic E-state index is 13.7. The Balaban J connectivity index is 1.65. The van der Waals surface area contributed by atoms with Crippen molar-refractivity contribution in [2.45, 2.75) is 45.1 Å². The van der Waals surface area contributed by atoms with Gasteiger partial charge in [0.25, 0.3) is 5.91 Å². The second kappa shape index (κ2) is 12.1. The molecule has 0 unspecified atom stereocenters. The molecule has 0 bridgehead atoms. The third-order valence-electron chi connectivity index (χ3n) is 6.53. The number of aryl methyl sites for hydroxylation is 1. The highest BCUT2D eigenvalue weighted by Gasteiger charge is 2.32. The van der Waals surface area contributed by atoms with Crippen LogP contribution < -0.4 is 16.0 Å². The SMILES string of the molecule is Cc1cc(F)ccc1-c1cc(C(=O)N[C@H](C(=O)O)C2CCCCC2)c(NC(=O)Nc2c(Cl)cccc2Cl)s1. The minimum atomic E-state index is -1.10. The number of halogens is 3. The Morgan fingerprint density at radius 1 is 1.03 bits per heavy atom. The molecule has 4 N–H and O–H groups in total. The molecule has 3 aromatic rings. The van der Waals surface area contributed by atoms with Crippen LogP contribution in [0.15, 0.2) is 42.5 Å². The Morgan fingerprint density at radius 3 is 2.34 bits per heavy atom. The van der Waals surface area contributed by atoms with Crippen LogP contribution in [0.5, 0.6) is 0 Å². The van der Waals surface area contributed by atoms with E-state index in [-0.39, 0.29) is 32.2 Å². The topological polar surface area (TPSA) is 108 Å². The van der Waals surface area contributed by atoms with Gasteiger partial charge in [0.1, 0.15) is 16.9 Å². The maximum absolute atomic E-state index is 13.7. The van der Waals surface area contributed by atoms with Crippen molar-refractivity contribution in [3.05, 3.63) is 69.5 Å². The zero-order valence-electron chi connectivity index (χ0n) is 20.4. The van der Waals surface area contributed by atoms with Crippen molar-refractivity contribution in [1.82, 2.24) is 5.32 Å². The van der Waals surface area contributed by atoms with Crippen molar-refractivity contribution >= 4 is 63.1 Å². The Labute approximate surface area is 233 Å². The van der Waals surface area contributed by atoms with E-state index in [1.165, 1.54) is 12.1 Å². The first-order chi connectivity index (χ1) is 18.1. The predicted octanol–water partition coefficient (Wildman–Crippen LogP) is 7.58. The molecule has 2 aromatic carbocycles.